The second kappa shape index (κ2) is 6.85. The molecule has 1 atom stereocenters. The Labute approximate surface area is 109 Å². The number of hydrazine groups is 1. The Hall–Kier alpha value is -0.940. The van der Waals surface area contributed by atoms with Crippen molar-refractivity contribution < 1.29 is 0 Å². The summed E-state index contributed by atoms with van der Waals surface area (Å²) in [7, 11) is 1.90. The van der Waals surface area contributed by atoms with Crippen LogP contribution in [0.25, 0.3) is 0 Å². The summed E-state index contributed by atoms with van der Waals surface area (Å²) in [4.78, 5) is 0. The van der Waals surface area contributed by atoms with E-state index >= 15 is 0 Å². The maximum absolute atomic E-state index is 5.74. The Morgan fingerprint density at radius 3 is 2.56 bits per heavy atom. The molecule has 102 valence electrons. The molecule has 2 rings (SSSR count). The van der Waals surface area contributed by atoms with Gasteiger partial charge in [-0.25, -0.2) is 0 Å². The standard InChI is InChI=1S/C13H25N5/c1-18-10-12(16-17-18)9-13(15-14)11-7-5-3-2-4-6-8-11/h10-11,13,15H,2-9,14H2,1H3. The van der Waals surface area contributed by atoms with Gasteiger partial charge in [0.15, 0.2) is 0 Å². The Morgan fingerprint density at radius 1 is 1.33 bits per heavy atom. The fourth-order valence-electron chi connectivity index (χ4n) is 2.97. The number of hydrogen-bond donors (Lipinski definition) is 2. The topological polar surface area (TPSA) is 68.8 Å². The summed E-state index contributed by atoms with van der Waals surface area (Å²) >= 11 is 0. The molecule has 3 N–H and O–H groups in total. The molecule has 1 fully saturated rings. The minimum Gasteiger partial charge on any atom is -0.271 e. The van der Waals surface area contributed by atoms with Crippen LogP contribution < -0.4 is 11.3 Å². The van der Waals surface area contributed by atoms with Crippen molar-refractivity contribution in [3.05, 3.63) is 11.9 Å². The lowest BCUT2D eigenvalue weighted by molar-refractivity contribution is 0.284. The van der Waals surface area contributed by atoms with Crippen molar-refractivity contribution >= 4 is 0 Å². The highest BCUT2D eigenvalue weighted by Crippen LogP contribution is 2.25. The summed E-state index contributed by atoms with van der Waals surface area (Å²) in [6.45, 7) is 0. The monoisotopic (exact) mass is 251 g/mol. The van der Waals surface area contributed by atoms with Crippen LogP contribution >= 0.6 is 0 Å². The molecule has 0 saturated heterocycles. The molecule has 0 spiro atoms. The molecule has 0 amide bonds. The average molecular weight is 251 g/mol. The van der Waals surface area contributed by atoms with Gasteiger partial charge in [0.1, 0.15) is 0 Å². The van der Waals surface area contributed by atoms with Gasteiger partial charge in [0.05, 0.1) is 5.69 Å². The van der Waals surface area contributed by atoms with E-state index in [-0.39, 0.29) is 0 Å². The molecule has 1 saturated carbocycles. The van der Waals surface area contributed by atoms with E-state index in [4.69, 9.17) is 5.84 Å². The molecule has 0 aliphatic heterocycles. The molecule has 1 heterocycles. The number of nitrogens with one attached hydrogen (secondary N) is 1. The molecule has 1 aliphatic rings. The van der Waals surface area contributed by atoms with Crippen LogP contribution in [0.1, 0.15) is 50.6 Å². The second-order valence-corrected chi connectivity index (χ2v) is 5.47. The van der Waals surface area contributed by atoms with Crippen LogP contribution in [-0.4, -0.2) is 21.0 Å². The summed E-state index contributed by atoms with van der Waals surface area (Å²) in [5, 5.41) is 8.14. The van der Waals surface area contributed by atoms with E-state index in [1.807, 2.05) is 13.2 Å². The highest BCUT2D eigenvalue weighted by molar-refractivity contribution is 4.97. The van der Waals surface area contributed by atoms with Crippen molar-refractivity contribution in [2.24, 2.45) is 18.8 Å². The van der Waals surface area contributed by atoms with Crippen molar-refractivity contribution in [3.63, 3.8) is 0 Å². The molecule has 1 aliphatic carbocycles. The summed E-state index contributed by atoms with van der Waals surface area (Å²) in [5.74, 6) is 6.42. The third kappa shape index (κ3) is 3.78. The molecule has 0 bridgehead atoms. The van der Waals surface area contributed by atoms with Crippen molar-refractivity contribution in [1.29, 1.82) is 0 Å². The normalized spacial score (nSPS) is 20.3. The summed E-state index contributed by atoms with van der Waals surface area (Å²) in [5.41, 5.74) is 4.03. The zero-order valence-corrected chi connectivity index (χ0v) is 11.3. The number of nitrogens with two attached hydrogens (primary N) is 1. The highest BCUT2D eigenvalue weighted by Gasteiger charge is 2.22. The molecule has 1 aromatic rings. The smallest absolute Gasteiger partial charge is 0.0843 e. The van der Waals surface area contributed by atoms with E-state index in [1.54, 1.807) is 4.68 Å². The summed E-state index contributed by atoms with van der Waals surface area (Å²) in [6.07, 6.45) is 12.3. The maximum Gasteiger partial charge on any atom is 0.0843 e. The van der Waals surface area contributed by atoms with Crippen LogP contribution in [0, 0.1) is 5.92 Å². The van der Waals surface area contributed by atoms with Crippen molar-refractivity contribution in [3.8, 4) is 0 Å². The van der Waals surface area contributed by atoms with E-state index in [1.165, 1.54) is 44.9 Å². The predicted octanol–water partition coefficient (Wildman–Crippen LogP) is 1.55. The van der Waals surface area contributed by atoms with Gasteiger partial charge in [-0.3, -0.25) is 16.0 Å². The Balaban J connectivity index is 1.93. The fraction of sp³-hybridized carbons (Fsp3) is 0.846. The van der Waals surface area contributed by atoms with Gasteiger partial charge in [0, 0.05) is 25.7 Å². The predicted molar refractivity (Wildman–Crippen MR) is 71.6 cm³/mol. The van der Waals surface area contributed by atoms with Gasteiger partial charge in [-0.15, -0.1) is 5.10 Å². The van der Waals surface area contributed by atoms with Gasteiger partial charge in [0.25, 0.3) is 0 Å². The minimum absolute atomic E-state index is 0.333. The van der Waals surface area contributed by atoms with Gasteiger partial charge in [-0.1, -0.05) is 37.3 Å². The first kappa shape index (κ1) is 13.5. The zero-order chi connectivity index (χ0) is 12.8. The molecule has 5 heteroatoms. The number of aryl methyl sites for hydroxylation is 1. The lowest BCUT2D eigenvalue weighted by atomic mass is 9.84. The van der Waals surface area contributed by atoms with Crippen LogP contribution in [0.4, 0.5) is 0 Å². The first-order valence-electron chi connectivity index (χ1n) is 7.11. The second-order valence-electron chi connectivity index (χ2n) is 5.47. The molecule has 0 radical (unpaired) electrons. The molecular formula is C13H25N5. The first-order chi connectivity index (χ1) is 8.79. The SMILES string of the molecule is Cn1cc(CC(NN)C2CCCCCCC2)nn1. The first-order valence-corrected chi connectivity index (χ1v) is 7.11. The Bertz CT molecular complexity index is 341. The van der Waals surface area contributed by atoms with Crippen LogP contribution in [0.5, 0.6) is 0 Å². The molecule has 5 nitrogen and oxygen atoms in total. The van der Waals surface area contributed by atoms with Crippen molar-refractivity contribution in [2.45, 2.75) is 57.4 Å². The summed E-state index contributed by atoms with van der Waals surface area (Å²) in [6, 6.07) is 0.333. The van der Waals surface area contributed by atoms with E-state index in [0.717, 1.165) is 12.1 Å². The average Bonchev–Trinajstić information content (AvgIpc) is 2.72. The largest absolute Gasteiger partial charge is 0.271 e. The molecule has 18 heavy (non-hydrogen) atoms. The van der Waals surface area contributed by atoms with Crippen molar-refractivity contribution in [2.75, 3.05) is 0 Å². The van der Waals surface area contributed by atoms with Gasteiger partial charge >= 0.3 is 0 Å². The minimum atomic E-state index is 0.333. The molecular weight excluding hydrogens is 226 g/mol. The fourth-order valence-corrected chi connectivity index (χ4v) is 2.97. The maximum atomic E-state index is 5.74. The van der Waals surface area contributed by atoms with Crippen molar-refractivity contribution in [1.82, 2.24) is 20.4 Å². The molecule has 0 aromatic carbocycles. The number of rotatable bonds is 4. The van der Waals surface area contributed by atoms with E-state index in [0.29, 0.717) is 12.0 Å². The highest BCUT2D eigenvalue weighted by atomic mass is 15.4. The Morgan fingerprint density at radius 2 is 2.00 bits per heavy atom. The lowest BCUT2D eigenvalue weighted by Crippen LogP contribution is -2.42. The number of hydrogen-bond acceptors (Lipinski definition) is 4. The Kier molecular flexibility index (Phi) is 5.13. The third-order valence-corrected chi connectivity index (χ3v) is 4.01. The molecule has 1 unspecified atom stereocenters. The van der Waals surface area contributed by atoms with Crippen LogP contribution in [0.15, 0.2) is 6.20 Å². The lowest BCUT2D eigenvalue weighted by Gasteiger charge is -2.27. The quantitative estimate of drug-likeness (QED) is 0.629. The van der Waals surface area contributed by atoms with Crippen LogP contribution in [0.2, 0.25) is 0 Å². The number of aromatic nitrogens is 3. The van der Waals surface area contributed by atoms with E-state index < -0.39 is 0 Å². The van der Waals surface area contributed by atoms with Gasteiger partial charge in [-0.05, 0) is 18.8 Å². The van der Waals surface area contributed by atoms with Gasteiger partial charge in [0.2, 0.25) is 0 Å². The molecule has 1 aromatic heterocycles. The van der Waals surface area contributed by atoms with Gasteiger partial charge in [-0.2, -0.15) is 0 Å². The van der Waals surface area contributed by atoms with Crippen LogP contribution in [0.3, 0.4) is 0 Å². The van der Waals surface area contributed by atoms with Gasteiger partial charge < -0.3 is 0 Å². The van der Waals surface area contributed by atoms with Crippen LogP contribution in [-0.2, 0) is 13.5 Å². The zero-order valence-electron chi connectivity index (χ0n) is 11.3. The summed E-state index contributed by atoms with van der Waals surface area (Å²) < 4.78 is 1.75. The van der Waals surface area contributed by atoms with E-state index in [2.05, 4.69) is 15.7 Å². The number of nitrogens with zero attached hydrogens (tertiary/aromatic N) is 3. The third-order valence-electron chi connectivity index (χ3n) is 4.01. The van der Waals surface area contributed by atoms with E-state index in [9.17, 15) is 0 Å².